The topological polar surface area (TPSA) is 102 Å². The molecule has 0 bridgehead atoms. The zero-order chi connectivity index (χ0) is 28.9. The lowest BCUT2D eigenvalue weighted by Gasteiger charge is -2.30. The first-order chi connectivity index (χ1) is 19.0. The molecule has 10 heteroatoms. The molecule has 1 heterocycles. The number of aliphatic imine (C=N–C) groups is 1. The molecule has 3 aromatic carbocycles. The fourth-order valence-corrected chi connectivity index (χ4v) is 4.75. The second-order valence-corrected chi connectivity index (χ2v) is 9.88. The minimum absolute atomic E-state index is 0.110. The summed E-state index contributed by atoms with van der Waals surface area (Å²) in [5.74, 6) is -2.23. The standard InChI is InChI=1S/C30H30F3N3O4/c1-29(40,30(31,32)33)26(28(38)39)35-25(21-13-6-3-7-14-21)22-15-8-9-16-23(22)34-27(37)24-17-10-18-36(24)19-20-11-4-2-5-12-20/h2-9,11-16,24,26,40H,10,17-19H2,1H3,(H,34,37)(H,38,39)/t24-,26?,29?/m0/s1. The summed E-state index contributed by atoms with van der Waals surface area (Å²) < 4.78 is 41.0. The molecule has 210 valence electrons. The van der Waals surface area contributed by atoms with Gasteiger partial charge in [-0.25, -0.2) is 4.79 Å². The van der Waals surface area contributed by atoms with E-state index in [1.54, 1.807) is 54.6 Å². The number of hydrogen-bond acceptors (Lipinski definition) is 5. The molecule has 1 aliphatic rings. The number of para-hydroxylation sites is 1. The molecule has 1 fully saturated rings. The molecule has 0 saturated carbocycles. The van der Waals surface area contributed by atoms with Crippen LogP contribution in [-0.4, -0.2) is 63.1 Å². The van der Waals surface area contributed by atoms with Gasteiger partial charge in [0.2, 0.25) is 5.91 Å². The van der Waals surface area contributed by atoms with Crippen molar-refractivity contribution in [1.82, 2.24) is 4.90 Å². The number of aliphatic hydroxyl groups is 1. The normalized spacial score (nSPS) is 18.6. The third-order valence-corrected chi connectivity index (χ3v) is 6.98. The van der Waals surface area contributed by atoms with Crippen molar-refractivity contribution in [1.29, 1.82) is 0 Å². The molecule has 1 aliphatic heterocycles. The number of halogens is 3. The summed E-state index contributed by atoms with van der Waals surface area (Å²) in [7, 11) is 0. The lowest BCUT2D eigenvalue weighted by Crippen LogP contribution is -2.54. The number of hydrogen-bond donors (Lipinski definition) is 3. The molecule has 4 rings (SSSR count). The van der Waals surface area contributed by atoms with Crippen molar-refractivity contribution >= 4 is 23.3 Å². The fraction of sp³-hybridized carbons (Fsp3) is 0.300. The molecule has 0 aromatic heterocycles. The number of likely N-dealkylation sites (tertiary alicyclic amines) is 1. The van der Waals surface area contributed by atoms with Gasteiger partial charge in [-0.15, -0.1) is 0 Å². The van der Waals surface area contributed by atoms with Gasteiger partial charge < -0.3 is 15.5 Å². The smallest absolute Gasteiger partial charge is 0.419 e. The maximum atomic E-state index is 13.7. The van der Waals surface area contributed by atoms with E-state index in [-0.39, 0.29) is 22.9 Å². The van der Waals surface area contributed by atoms with Crippen molar-refractivity contribution in [3.05, 3.63) is 102 Å². The van der Waals surface area contributed by atoms with Crippen LogP contribution in [0, 0.1) is 0 Å². The van der Waals surface area contributed by atoms with Crippen molar-refractivity contribution < 1.29 is 33.0 Å². The lowest BCUT2D eigenvalue weighted by atomic mass is 9.94. The Kier molecular flexibility index (Phi) is 8.70. The van der Waals surface area contributed by atoms with E-state index in [1.807, 2.05) is 30.3 Å². The van der Waals surface area contributed by atoms with E-state index in [0.29, 0.717) is 25.5 Å². The van der Waals surface area contributed by atoms with Crippen LogP contribution in [0.25, 0.3) is 0 Å². The highest BCUT2D eigenvalue weighted by molar-refractivity contribution is 6.17. The summed E-state index contributed by atoms with van der Waals surface area (Å²) in [6, 6.07) is 21.2. The Balaban J connectivity index is 1.71. The van der Waals surface area contributed by atoms with Gasteiger partial charge in [0.05, 0.1) is 17.4 Å². The van der Waals surface area contributed by atoms with Crippen molar-refractivity contribution in [3.63, 3.8) is 0 Å². The molecule has 1 amide bonds. The Hall–Kier alpha value is -4.02. The van der Waals surface area contributed by atoms with E-state index in [2.05, 4.69) is 15.2 Å². The summed E-state index contributed by atoms with van der Waals surface area (Å²) in [4.78, 5) is 31.5. The molecule has 3 atom stereocenters. The predicted octanol–water partition coefficient (Wildman–Crippen LogP) is 4.89. The third kappa shape index (κ3) is 6.40. The van der Waals surface area contributed by atoms with E-state index >= 15 is 0 Å². The quantitative estimate of drug-likeness (QED) is 0.328. The Morgan fingerprint density at radius 3 is 2.23 bits per heavy atom. The van der Waals surface area contributed by atoms with Gasteiger partial charge in [-0.1, -0.05) is 78.9 Å². The van der Waals surface area contributed by atoms with Crippen LogP contribution in [0.1, 0.15) is 36.5 Å². The number of amides is 1. The van der Waals surface area contributed by atoms with Crippen LogP contribution in [0.5, 0.6) is 0 Å². The minimum atomic E-state index is -5.26. The summed E-state index contributed by atoms with van der Waals surface area (Å²) in [6.07, 6.45) is -3.80. The number of alkyl halides is 3. The summed E-state index contributed by atoms with van der Waals surface area (Å²) in [5, 5.41) is 22.8. The average Bonchev–Trinajstić information content (AvgIpc) is 3.38. The highest BCUT2D eigenvalue weighted by Crippen LogP contribution is 2.35. The maximum absolute atomic E-state index is 13.7. The predicted molar refractivity (Wildman–Crippen MR) is 145 cm³/mol. The Bertz CT molecular complexity index is 1360. The van der Waals surface area contributed by atoms with Gasteiger partial charge in [0.1, 0.15) is 0 Å². The first-order valence-electron chi connectivity index (χ1n) is 12.8. The first kappa shape index (κ1) is 29.0. The zero-order valence-electron chi connectivity index (χ0n) is 21.8. The molecule has 3 aromatic rings. The van der Waals surface area contributed by atoms with Crippen LogP contribution >= 0.6 is 0 Å². The van der Waals surface area contributed by atoms with Gasteiger partial charge in [-0.3, -0.25) is 14.7 Å². The molecule has 3 N–H and O–H groups in total. The second-order valence-electron chi connectivity index (χ2n) is 9.88. The van der Waals surface area contributed by atoms with Gasteiger partial charge in [-0.2, -0.15) is 13.2 Å². The monoisotopic (exact) mass is 553 g/mol. The summed E-state index contributed by atoms with van der Waals surface area (Å²) in [5.41, 5.74) is -1.89. The summed E-state index contributed by atoms with van der Waals surface area (Å²) in [6.45, 7) is 1.70. The van der Waals surface area contributed by atoms with E-state index in [0.717, 1.165) is 18.5 Å². The molecule has 2 unspecified atom stereocenters. The molecule has 1 saturated heterocycles. The highest BCUT2D eigenvalue weighted by atomic mass is 19.4. The number of carbonyl (C=O) groups excluding carboxylic acids is 1. The number of carbonyl (C=O) groups is 2. The third-order valence-electron chi connectivity index (χ3n) is 6.98. The van der Waals surface area contributed by atoms with Crippen molar-refractivity contribution in [2.75, 3.05) is 11.9 Å². The Morgan fingerprint density at radius 2 is 1.60 bits per heavy atom. The van der Waals surface area contributed by atoms with Gasteiger partial charge in [-0.05, 0) is 37.9 Å². The van der Waals surface area contributed by atoms with Gasteiger partial charge >= 0.3 is 12.1 Å². The number of rotatable bonds is 9. The van der Waals surface area contributed by atoms with Gasteiger partial charge in [0, 0.05) is 17.7 Å². The molecule has 0 aliphatic carbocycles. The molecular weight excluding hydrogens is 523 g/mol. The van der Waals surface area contributed by atoms with Crippen LogP contribution < -0.4 is 5.32 Å². The SMILES string of the molecule is CC(O)(C(N=C(c1ccccc1)c1ccccc1NC(=O)[C@@H]1CCCN1Cc1ccccc1)C(=O)O)C(F)(F)F. The van der Waals surface area contributed by atoms with Crippen LogP contribution in [0.15, 0.2) is 89.9 Å². The van der Waals surface area contributed by atoms with Crippen molar-refractivity contribution in [2.24, 2.45) is 4.99 Å². The number of nitrogens with zero attached hydrogens (tertiary/aromatic N) is 2. The van der Waals surface area contributed by atoms with E-state index in [1.165, 1.54) is 0 Å². The number of carboxylic acid groups (broad SMARTS) is 1. The van der Waals surface area contributed by atoms with Crippen LogP contribution in [-0.2, 0) is 16.1 Å². The number of aliphatic carboxylic acids is 1. The van der Waals surface area contributed by atoms with Crippen LogP contribution in [0.2, 0.25) is 0 Å². The molecular formula is C30H30F3N3O4. The maximum Gasteiger partial charge on any atom is 0.419 e. The van der Waals surface area contributed by atoms with E-state index < -0.39 is 29.8 Å². The average molecular weight is 554 g/mol. The van der Waals surface area contributed by atoms with Gasteiger partial charge in [0.25, 0.3) is 0 Å². The number of carboxylic acids is 1. The lowest BCUT2D eigenvalue weighted by molar-refractivity contribution is -0.259. The molecule has 40 heavy (non-hydrogen) atoms. The van der Waals surface area contributed by atoms with Crippen LogP contribution in [0.4, 0.5) is 18.9 Å². The number of benzene rings is 3. The largest absolute Gasteiger partial charge is 0.480 e. The molecule has 0 radical (unpaired) electrons. The van der Waals surface area contributed by atoms with Crippen molar-refractivity contribution in [2.45, 2.75) is 50.2 Å². The van der Waals surface area contributed by atoms with E-state index in [9.17, 15) is 33.0 Å². The fourth-order valence-electron chi connectivity index (χ4n) is 4.75. The zero-order valence-corrected chi connectivity index (χ0v) is 21.8. The number of nitrogens with one attached hydrogen (secondary N) is 1. The van der Waals surface area contributed by atoms with E-state index in [4.69, 9.17) is 0 Å². The molecule has 7 nitrogen and oxygen atoms in total. The second kappa shape index (κ2) is 12.0. The Labute approximate surface area is 230 Å². The number of anilines is 1. The molecule has 0 spiro atoms. The van der Waals surface area contributed by atoms with Crippen LogP contribution in [0.3, 0.4) is 0 Å². The summed E-state index contributed by atoms with van der Waals surface area (Å²) >= 11 is 0. The highest BCUT2D eigenvalue weighted by Gasteiger charge is 2.58. The first-order valence-corrected chi connectivity index (χ1v) is 12.8. The minimum Gasteiger partial charge on any atom is -0.480 e. The van der Waals surface area contributed by atoms with Crippen molar-refractivity contribution in [3.8, 4) is 0 Å². The van der Waals surface area contributed by atoms with Gasteiger partial charge in [0.15, 0.2) is 11.6 Å². The Morgan fingerprint density at radius 1 is 1.00 bits per heavy atom.